The topological polar surface area (TPSA) is 59.3 Å². The number of methoxy groups -OCH3 is 1. The van der Waals surface area contributed by atoms with E-state index >= 15 is 0 Å². The second-order valence-electron chi connectivity index (χ2n) is 3.64. The van der Waals surface area contributed by atoms with Gasteiger partial charge in [-0.25, -0.2) is 8.78 Å². The van der Waals surface area contributed by atoms with Gasteiger partial charge in [-0.2, -0.15) is 5.26 Å². The molecular weight excluding hydrogens is 256 g/mol. The van der Waals surface area contributed by atoms with Crippen LogP contribution in [0.3, 0.4) is 0 Å². The van der Waals surface area contributed by atoms with Gasteiger partial charge < -0.3 is 9.47 Å². The summed E-state index contributed by atoms with van der Waals surface area (Å²) < 4.78 is 35.7. The van der Waals surface area contributed by atoms with E-state index < -0.39 is 12.4 Å². The van der Waals surface area contributed by atoms with Crippen LogP contribution in [0.1, 0.15) is 30.0 Å². The first-order valence-corrected chi connectivity index (χ1v) is 5.58. The fourth-order valence-corrected chi connectivity index (χ4v) is 1.65. The van der Waals surface area contributed by atoms with E-state index in [1.54, 1.807) is 13.0 Å². The Hall–Kier alpha value is -2.16. The fourth-order valence-electron chi connectivity index (χ4n) is 1.65. The van der Waals surface area contributed by atoms with Crippen molar-refractivity contribution in [3.63, 3.8) is 0 Å². The summed E-state index contributed by atoms with van der Waals surface area (Å²) in [6, 6.07) is 4.15. The van der Waals surface area contributed by atoms with Gasteiger partial charge in [0.05, 0.1) is 31.8 Å². The van der Waals surface area contributed by atoms with Crippen LogP contribution < -0.4 is 4.74 Å². The lowest BCUT2D eigenvalue weighted by molar-refractivity contribution is -0.142. The maximum absolute atomic E-state index is 13.0. The van der Waals surface area contributed by atoms with E-state index in [2.05, 4.69) is 0 Å². The average molecular weight is 269 g/mol. The summed E-state index contributed by atoms with van der Waals surface area (Å²) in [7, 11) is 1.29. The Morgan fingerprint density at radius 2 is 2.16 bits per heavy atom. The predicted octanol–water partition coefficient (Wildman–Crippen LogP) is 2.61. The van der Waals surface area contributed by atoms with E-state index in [9.17, 15) is 13.6 Å². The van der Waals surface area contributed by atoms with Crippen LogP contribution in [0.5, 0.6) is 5.75 Å². The Balaban J connectivity index is 3.26. The summed E-state index contributed by atoms with van der Waals surface area (Å²) in [4.78, 5) is 11.4. The number of hydrogen-bond donors (Lipinski definition) is 0. The third-order valence-corrected chi connectivity index (χ3v) is 2.45. The minimum Gasteiger partial charge on any atom is -0.496 e. The number of nitriles is 1. The van der Waals surface area contributed by atoms with Crippen LogP contribution in [-0.2, 0) is 16.0 Å². The zero-order valence-corrected chi connectivity index (χ0v) is 10.6. The first kappa shape index (κ1) is 14.9. The molecule has 1 rings (SSSR count). The highest BCUT2D eigenvalue weighted by Crippen LogP contribution is 2.32. The van der Waals surface area contributed by atoms with E-state index in [1.165, 1.54) is 13.2 Å². The van der Waals surface area contributed by atoms with Crippen molar-refractivity contribution in [1.82, 2.24) is 0 Å². The minimum absolute atomic E-state index is 0.0509. The zero-order valence-electron chi connectivity index (χ0n) is 10.6. The molecule has 0 N–H and O–H groups in total. The maximum Gasteiger partial charge on any atom is 0.310 e. The van der Waals surface area contributed by atoms with E-state index in [1.807, 2.05) is 0 Å². The highest BCUT2D eigenvalue weighted by atomic mass is 19.3. The summed E-state index contributed by atoms with van der Waals surface area (Å²) in [6.07, 6.45) is -3.12. The number of carbonyl (C=O) groups excluding carboxylic acids is 1. The van der Waals surface area contributed by atoms with Gasteiger partial charge in [-0.15, -0.1) is 0 Å². The molecule has 0 aromatic heterocycles. The van der Waals surface area contributed by atoms with Gasteiger partial charge in [-0.3, -0.25) is 4.79 Å². The van der Waals surface area contributed by atoms with Gasteiger partial charge in [0.25, 0.3) is 6.43 Å². The SMILES string of the molecule is CCOC(=O)Cc1c(OC)cc(C#N)cc1C(F)F. The molecule has 102 valence electrons. The van der Waals surface area contributed by atoms with Crippen molar-refractivity contribution in [3.8, 4) is 11.8 Å². The van der Waals surface area contributed by atoms with Crippen molar-refractivity contribution >= 4 is 5.97 Å². The van der Waals surface area contributed by atoms with Gasteiger partial charge in [0.2, 0.25) is 0 Å². The minimum atomic E-state index is -2.80. The Labute approximate surface area is 109 Å². The highest BCUT2D eigenvalue weighted by molar-refractivity contribution is 5.74. The normalized spacial score (nSPS) is 10.1. The van der Waals surface area contributed by atoms with Crippen molar-refractivity contribution < 1.29 is 23.0 Å². The summed E-state index contributed by atoms with van der Waals surface area (Å²) >= 11 is 0. The Morgan fingerprint density at radius 3 is 2.63 bits per heavy atom. The monoisotopic (exact) mass is 269 g/mol. The molecule has 4 nitrogen and oxygen atoms in total. The number of halogens is 2. The largest absolute Gasteiger partial charge is 0.496 e. The molecule has 0 spiro atoms. The zero-order chi connectivity index (χ0) is 14.4. The van der Waals surface area contributed by atoms with Crippen LogP contribution >= 0.6 is 0 Å². The number of nitrogens with zero attached hydrogens (tertiary/aromatic N) is 1. The van der Waals surface area contributed by atoms with Crippen molar-refractivity contribution in [2.75, 3.05) is 13.7 Å². The number of alkyl halides is 2. The molecule has 0 bridgehead atoms. The second kappa shape index (κ2) is 6.69. The molecular formula is C13H13F2NO3. The quantitative estimate of drug-likeness (QED) is 0.771. The van der Waals surface area contributed by atoms with Gasteiger partial charge in [-0.05, 0) is 19.1 Å². The number of hydrogen-bond acceptors (Lipinski definition) is 4. The van der Waals surface area contributed by atoms with Gasteiger partial charge in [0.1, 0.15) is 5.75 Å². The molecule has 0 fully saturated rings. The van der Waals surface area contributed by atoms with Crippen LogP contribution in [0.25, 0.3) is 0 Å². The van der Waals surface area contributed by atoms with Gasteiger partial charge in [0, 0.05) is 11.1 Å². The Kier molecular flexibility index (Phi) is 5.24. The molecule has 0 radical (unpaired) electrons. The summed E-state index contributed by atoms with van der Waals surface area (Å²) in [5, 5.41) is 8.78. The van der Waals surface area contributed by atoms with E-state index in [0.717, 1.165) is 6.07 Å². The molecule has 0 aliphatic rings. The second-order valence-corrected chi connectivity index (χ2v) is 3.64. The third-order valence-electron chi connectivity index (χ3n) is 2.45. The summed E-state index contributed by atoms with van der Waals surface area (Å²) in [5.41, 5.74) is -0.279. The molecule has 1 aromatic carbocycles. The molecule has 6 heteroatoms. The van der Waals surface area contributed by atoms with Crippen LogP contribution in [0, 0.1) is 11.3 Å². The van der Waals surface area contributed by atoms with Crippen molar-refractivity contribution in [3.05, 3.63) is 28.8 Å². The van der Waals surface area contributed by atoms with Crippen molar-refractivity contribution in [1.29, 1.82) is 5.26 Å². The summed E-state index contributed by atoms with van der Waals surface area (Å²) in [5.74, 6) is -0.533. The number of rotatable bonds is 5. The lowest BCUT2D eigenvalue weighted by Gasteiger charge is -2.13. The standard InChI is InChI=1S/C13H13F2NO3/c1-3-19-12(17)6-9-10(13(14)15)4-8(7-16)5-11(9)18-2/h4-5,13H,3,6H2,1-2H3. The van der Waals surface area contributed by atoms with E-state index in [4.69, 9.17) is 14.7 Å². The maximum atomic E-state index is 13.0. The molecule has 0 atom stereocenters. The van der Waals surface area contributed by atoms with Crippen molar-refractivity contribution in [2.45, 2.75) is 19.8 Å². The molecule has 19 heavy (non-hydrogen) atoms. The van der Waals surface area contributed by atoms with Crippen LogP contribution in [0.4, 0.5) is 8.78 Å². The average Bonchev–Trinajstić information content (AvgIpc) is 2.38. The smallest absolute Gasteiger partial charge is 0.310 e. The Bertz CT molecular complexity index is 509. The number of esters is 1. The van der Waals surface area contributed by atoms with Crippen molar-refractivity contribution in [2.24, 2.45) is 0 Å². The molecule has 0 aliphatic heterocycles. The summed E-state index contributed by atoms with van der Waals surface area (Å²) in [6.45, 7) is 1.80. The molecule has 0 aliphatic carbocycles. The third kappa shape index (κ3) is 3.65. The molecule has 0 amide bonds. The van der Waals surface area contributed by atoms with Gasteiger partial charge in [-0.1, -0.05) is 0 Å². The predicted molar refractivity (Wildman–Crippen MR) is 63.0 cm³/mol. The number of ether oxygens (including phenoxy) is 2. The number of benzene rings is 1. The Morgan fingerprint density at radius 1 is 1.47 bits per heavy atom. The van der Waals surface area contributed by atoms with E-state index in [0.29, 0.717) is 0 Å². The van der Waals surface area contributed by atoms with Crippen LogP contribution in [0.2, 0.25) is 0 Å². The lowest BCUT2D eigenvalue weighted by Crippen LogP contribution is -2.11. The first-order chi connectivity index (χ1) is 9.03. The van der Waals surface area contributed by atoms with Gasteiger partial charge in [0.15, 0.2) is 0 Å². The molecule has 0 heterocycles. The number of carbonyl (C=O) groups is 1. The van der Waals surface area contributed by atoms with Gasteiger partial charge >= 0.3 is 5.97 Å². The molecule has 0 unspecified atom stereocenters. The molecule has 0 saturated heterocycles. The molecule has 1 aromatic rings. The molecule has 0 saturated carbocycles. The van der Waals surface area contributed by atoms with E-state index in [-0.39, 0.29) is 35.5 Å². The first-order valence-electron chi connectivity index (χ1n) is 5.58. The fraction of sp³-hybridized carbons (Fsp3) is 0.385. The van der Waals surface area contributed by atoms with Crippen LogP contribution in [0.15, 0.2) is 12.1 Å². The highest BCUT2D eigenvalue weighted by Gasteiger charge is 2.21. The van der Waals surface area contributed by atoms with Crippen LogP contribution in [-0.4, -0.2) is 19.7 Å². The lowest BCUT2D eigenvalue weighted by atomic mass is 10.0.